The number of carboxylic acid groups (broad SMARTS) is 1. The van der Waals surface area contributed by atoms with E-state index in [1.54, 1.807) is 29.1 Å². The van der Waals surface area contributed by atoms with Gasteiger partial charge in [-0.05, 0) is 6.07 Å². The van der Waals surface area contributed by atoms with Gasteiger partial charge in [0.15, 0.2) is 18.9 Å². The lowest BCUT2D eigenvalue weighted by Gasteiger charge is -2.49. The molecule has 2 unspecified atom stereocenters. The monoisotopic (exact) mass is 321 g/mol. The molecule has 1 aromatic rings. The summed E-state index contributed by atoms with van der Waals surface area (Å²) in [5.74, 6) is -1.27. The summed E-state index contributed by atoms with van der Waals surface area (Å²) in [6.45, 7) is 0.222. The van der Waals surface area contributed by atoms with Gasteiger partial charge in [-0.2, -0.15) is 0 Å². The average molecular weight is 321 g/mol. The summed E-state index contributed by atoms with van der Waals surface area (Å²) in [5, 5.41) is 20.3. The molecule has 7 nitrogen and oxygen atoms in total. The quantitative estimate of drug-likeness (QED) is 0.477. The van der Waals surface area contributed by atoms with Crippen molar-refractivity contribution >= 4 is 23.6 Å². The van der Waals surface area contributed by atoms with E-state index in [2.05, 4.69) is 0 Å². The summed E-state index contributed by atoms with van der Waals surface area (Å²) >= 11 is 1.45. The lowest BCUT2D eigenvalue weighted by Crippen LogP contribution is -2.69. The summed E-state index contributed by atoms with van der Waals surface area (Å²) in [7, 11) is 0. The minimum Gasteiger partial charge on any atom is -0.543 e. The van der Waals surface area contributed by atoms with Crippen LogP contribution in [0.25, 0.3) is 0 Å². The molecule has 1 amide bonds. The van der Waals surface area contributed by atoms with Crippen molar-refractivity contribution in [2.24, 2.45) is 5.73 Å². The molecule has 0 radical (unpaired) electrons. The van der Waals surface area contributed by atoms with Crippen molar-refractivity contribution in [2.75, 3.05) is 5.75 Å². The van der Waals surface area contributed by atoms with Gasteiger partial charge >= 0.3 is 0 Å². The molecule has 1 saturated heterocycles. The summed E-state index contributed by atoms with van der Waals surface area (Å²) in [6.07, 6.45) is 3.51. The number of aliphatic hydroxyl groups is 1. The number of amides is 1. The Balaban J connectivity index is 1.93. The average Bonchev–Trinajstić information content (AvgIpc) is 2.53. The number of carbonyl (C=O) groups is 2. The van der Waals surface area contributed by atoms with Crippen molar-refractivity contribution in [3.05, 3.63) is 41.4 Å². The Bertz CT molecular complexity index is 676. The summed E-state index contributed by atoms with van der Waals surface area (Å²) in [5.41, 5.74) is 6.94. The van der Waals surface area contributed by atoms with Gasteiger partial charge in [0.25, 0.3) is 0 Å². The predicted molar refractivity (Wildman–Crippen MR) is 75.7 cm³/mol. The van der Waals surface area contributed by atoms with E-state index in [0.29, 0.717) is 17.9 Å². The van der Waals surface area contributed by atoms with Crippen LogP contribution in [-0.4, -0.2) is 39.1 Å². The van der Waals surface area contributed by atoms with Crippen LogP contribution >= 0.6 is 11.8 Å². The number of aromatic nitrogens is 1. The molecule has 0 spiro atoms. The topological polar surface area (TPSA) is 111 Å². The van der Waals surface area contributed by atoms with E-state index in [1.807, 2.05) is 0 Å². The number of rotatable bonds is 4. The Morgan fingerprint density at radius 2 is 2.36 bits per heavy atom. The van der Waals surface area contributed by atoms with Crippen LogP contribution in [0.2, 0.25) is 0 Å². The molecule has 3 N–H and O–H groups in total. The zero-order valence-electron chi connectivity index (χ0n) is 11.6. The Labute approximate surface area is 131 Å². The van der Waals surface area contributed by atoms with Crippen molar-refractivity contribution in [1.29, 1.82) is 0 Å². The predicted octanol–water partition coefficient (Wildman–Crippen LogP) is -2.29. The number of hydrogen-bond acceptors (Lipinski definition) is 6. The van der Waals surface area contributed by atoms with Gasteiger partial charge in [0.05, 0.1) is 18.3 Å². The van der Waals surface area contributed by atoms with E-state index in [-0.39, 0.29) is 23.6 Å². The molecular formula is C14H15N3O4S. The number of hydrogen-bond donors (Lipinski definition) is 2. The molecular weight excluding hydrogens is 306 g/mol. The normalized spacial score (nSPS) is 24.1. The number of β-lactam (4-membered cyclic amide) rings is 1. The minimum atomic E-state index is -1.36. The highest BCUT2D eigenvalue weighted by Crippen LogP contribution is 2.39. The molecule has 2 aliphatic rings. The standard InChI is InChI=1S/C14H15N3O4S/c15-10-12(19)17-11(14(20)21)9(7-22-13(10)17)5-16-3-1-2-8(4-16)6-18/h1-4,10,13,18H,5-7,15H2. The van der Waals surface area contributed by atoms with Crippen molar-refractivity contribution in [3.8, 4) is 0 Å². The SMILES string of the molecule is NC1C(=O)N2C(C(=O)[O-])=C(C[n+]3cccc(CO)c3)CSC12. The van der Waals surface area contributed by atoms with Crippen LogP contribution < -0.4 is 15.4 Å². The highest BCUT2D eigenvalue weighted by atomic mass is 32.2. The Hall–Kier alpha value is -1.90. The molecule has 3 rings (SSSR count). The van der Waals surface area contributed by atoms with E-state index in [4.69, 9.17) is 10.8 Å². The third kappa shape index (κ3) is 2.39. The minimum absolute atomic E-state index is 0.0719. The Kier molecular flexibility index (Phi) is 3.90. The Morgan fingerprint density at radius 1 is 1.59 bits per heavy atom. The number of aliphatic hydroxyl groups excluding tert-OH is 1. The van der Waals surface area contributed by atoms with Gasteiger partial charge in [-0.1, -0.05) is 0 Å². The molecule has 0 saturated carbocycles. The number of aliphatic carboxylic acids is 1. The molecule has 22 heavy (non-hydrogen) atoms. The van der Waals surface area contributed by atoms with Crippen LogP contribution in [0.1, 0.15) is 5.56 Å². The van der Waals surface area contributed by atoms with Gasteiger partial charge in [0.1, 0.15) is 11.4 Å². The number of thioether (sulfide) groups is 1. The molecule has 1 fully saturated rings. The third-order valence-electron chi connectivity index (χ3n) is 3.76. The fourth-order valence-electron chi connectivity index (χ4n) is 2.68. The second-order valence-electron chi connectivity index (χ2n) is 5.22. The Morgan fingerprint density at radius 3 is 3.05 bits per heavy atom. The van der Waals surface area contributed by atoms with Crippen LogP contribution in [0.3, 0.4) is 0 Å². The van der Waals surface area contributed by atoms with E-state index >= 15 is 0 Å². The number of nitrogens with two attached hydrogens (primary N) is 1. The first kappa shape index (κ1) is 15.0. The molecule has 116 valence electrons. The van der Waals surface area contributed by atoms with E-state index in [9.17, 15) is 14.7 Å². The molecule has 0 aromatic carbocycles. The van der Waals surface area contributed by atoms with E-state index in [0.717, 1.165) is 5.56 Å². The number of nitrogens with zero attached hydrogens (tertiary/aromatic N) is 2. The molecule has 2 atom stereocenters. The van der Waals surface area contributed by atoms with Gasteiger partial charge in [-0.25, -0.2) is 4.57 Å². The number of fused-ring (bicyclic) bond motifs is 1. The van der Waals surface area contributed by atoms with Gasteiger partial charge in [0, 0.05) is 23.0 Å². The maximum absolute atomic E-state index is 11.8. The highest BCUT2D eigenvalue weighted by Gasteiger charge is 2.50. The van der Waals surface area contributed by atoms with Crippen molar-refractivity contribution in [1.82, 2.24) is 4.90 Å². The first-order chi connectivity index (χ1) is 10.5. The molecule has 1 aromatic heterocycles. The maximum atomic E-state index is 11.8. The van der Waals surface area contributed by atoms with Gasteiger partial charge in [0.2, 0.25) is 5.91 Å². The maximum Gasteiger partial charge on any atom is 0.248 e. The number of pyridine rings is 1. The first-order valence-corrected chi connectivity index (χ1v) is 7.80. The molecule has 2 aliphatic heterocycles. The molecule has 3 heterocycles. The van der Waals surface area contributed by atoms with Gasteiger partial charge < -0.3 is 20.7 Å². The zero-order valence-corrected chi connectivity index (χ0v) is 12.5. The van der Waals surface area contributed by atoms with Crippen LogP contribution in [0.4, 0.5) is 0 Å². The smallest absolute Gasteiger partial charge is 0.248 e. The second-order valence-corrected chi connectivity index (χ2v) is 6.32. The van der Waals surface area contributed by atoms with Crippen LogP contribution in [-0.2, 0) is 22.7 Å². The molecule has 0 aliphatic carbocycles. The third-order valence-corrected chi connectivity index (χ3v) is 5.12. The number of carboxylic acids is 1. The lowest BCUT2D eigenvalue weighted by atomic mass is 10.0. The molecule has 8 heteroatoms. The highest BCUT2D eigenvalue weighted by molar-refractivity contribution is 8.00. The fourth-order valence-corrected chi connectivity index (χ4v) is 3.96. The number of carbonyl (C=O) groups excluding carboxylic acids is 2. The summed E-state index contributed by atoms with van der Waals surface area (Å²) in [6, 6.07) is 2.90. The lowest BCUT2D eigenvalue weighted by molar-refractivity contribution is -0.689. The van der Waals surface area contributed by atoms with Crippen molar-refractivity contribution < 1.29 is 24.4 Å². The first-order valence-electron chi connectivity index (χ1n) is 6.75. The van der Waals surface area contributed by atoms with Crippen molar-refractivity contribution in [2.45, 2.75) is 24.6 Å². The summed E-state index contributed by atoms with van der Waals surface area (Å²) < 4.78 is 1.77. The fraction of sp³-hybridized carbons (Fsp3) is 0.357. The second kappa shape index (κ2) is 5.71. The summed E-state index contributed by atoms with van der Waals surface area (Å²) in [4.78, 5) is 24.5. The van der Waals surface area contributed by atoms with Crippen LogP contribution in [0.5, 0.6) is 0 Å². The largest absolute Gasteiger partial charge is 0.543 e. The van der Waals surface area contributed by atoms with Crippen LogP contribution in [0, 0.1) is 0 Å². The van der Waals surface area contributed by atoms with Gasteiger partial charge in [-0.15, -0.1) is 11.8 Å². The van der Waals surface area contributed by atoms with Crippen LogP contribution in [0.15, 0.2) is 35.8 Å². The zero-order chi connectivity index (χ0) is 15.9. The molecule has 0 bridgehead atoms. The van der Waals surface area contributed by atoms with Crippen molar-refractivity contribution in [3.63, 3.8) is 0 Å². The van der Waals surface area contributed by atoms with E-state index in [1.165, 1.54) is 16.7 Å². The van der Waals surface area contributed by atoms with Gasteiger partial charge in [-0.3, -0.25) is 9.69 Å². The van der Waals surface area contributed by atoms with E-state index < -0.39 is 12.0 Å².